The molecular formula is C22H18BrN5O3. The van der Waals surface area contributed by atoms with Crippen molar-refractivity contribution in [1.29, 1.82) is 0 Å². The minimum atomic E-state index is -0.348. The van der Waals surface area contributed by atoms with Gasteiger partial charge in [0.05, 0.1) is 12.7 Å². The summed E-state index contributed by atoms with van der Waals surface area (Å²) in [5.41, 5.74) is 2.09. The van der Waals surface area contributed by atoms with Crippen molar-refractivity contribution in [3.8, 4) is 17.1 Å². The SMILES string of the molecule is COc1ccc(CNC(=O)/C(=C/c2ccc(-c3ccc(Br)cc3)o2)c2nn[nH]n2)cc1. The summed E-state index contributed by atoms with van der Waals surface area (Å²) >= 11 is 3.42. The van der Waals surface area contributed by atoms with Crippen LogP contribution in [0.2, 0.25) is 0 Å². The number of ether oxygens (including phenoxy) is 1. The molecule has 0 aliphatic heterocycles. The smallest absolute Gasteiger partial charge is 0.255 e. The highest BCUT2D eigenvalue weighted by Gasteiger charge is 2.17. The largest absolute Gasteiger partial charge is 0.497 e. The summed E-state index contributed by atoms with van der Waals surface area (Å²) in [6.07, 6.45) is 1.59. The molecule has 2 aromatic carbocycles. The Bertz CT molecular complexity index is 1180. The van der Waals surface area contributed by atoms with Gasteiger partial charge in [-0.25, -0.2) is 0 Å². The number of benzene rings is 2. The fraction of sp³-hybridized carbons (Fsp3) is 0.0909. The number of aromatic nitrogens is 4. The van der Waals surface area contributed by atoms with Gasteiger partial charge < -0.3 is 14.5 Å². The van der Waals surface area contributed by atoms with Crippen LogP contribution in [0.25, 0.3) is 23.0 Å². The van der Waals surface area contributed by atoms with Crippen LogP contribution in [0.5, 0.6) is 5.75 Å². The molecule has 0 spiro atoms. The first-order valence-electron chi connectivity index (χ1n) is 9.35. The topological polar surface area (TPSA) is 106 Å². The summed E-state index contributed by atoms with van der Waals surface area (Å²) in [7, 11) is 1.61. The quantitative estimate of drug-likeness (QED) is 0.386. The summed E-state index contributed by atoms with van der Waals surface area (Å²) < 4.78 is 12.0. The molecule has 0 aliphatic rings. The van der Waals surface area contributed by atoms with Gasteiger partial charge in [-0.3, -0.25) is 4.79 Å². The lowest BCUT2D eigenvalue weighted by Gasteiger charge is -2.07. The molecule has 4 rings (SSSR count). The standard InChI is InChI=1S/C22H18BrN5O3/c1-30-17-8-2-14(3-9-17)13-24-22(29)19(21-25-27-28-26-21)12-18-10-11-20(31-18)15-4-6-16(23)7-5-15/h2-12H,13H2,1H3,(H,24,29)(H,25,26,27,28)/b19-12+. The third-order valence-corrected chi connectivity index (χ3v) is 5.01. The number of carbonyl (C=O) groups is 1. The molecule has 0 saturated heterocycles. The van der Waals surface area contributed by atoms with Gasteiger partial charge in [-0.1, -0.05) is 40.2 Å². The molecule has 8 nitrogen and oxygen atoms in total. The first kappa shape index (κ1) is 20.5. The Kier molecular flexibility index (Phi) is 6.23. The van der Waals surface area contributed by atoms with Gasteiger partial charge in [0.15, 0.2) is 0 Å². The Balaban J connectivity index is 1.54. The van der Waals surface area contributed by atoms with Crippen LogP contribution in [-0.4, -0.2) is 33.6 Å². The van der Waals surface area contributed by atoms with Crippen LogP contribution in [0.3, 0.4) is 0 Å². The van der Waals surface area contributed by atoms with E-state index in [0.717, 1.165) is 21.3 Å². The number of nitrogens with one attached hydrogen (secondary N) is 2. The molecule has 9 heteroatoms. The lowest BCUT2D eigenvalue weighted by molar-refractivity contribution is -0.115. The number of rotatable bonds is 7. The van der Waals surface area contributed by atoms with Crippen molar-refractivity contribution in [2.75, 3.05) is 7.11 Å². The van der Waals surface area contributed by atoms with Gasteiger partial charge in [-0.15, -0.1) is 10.2 Å². The number of furan rings is 1. The molecule has 0 radical (unpaired) electrons. The monoisotopic (exact) mass is 479 g/mol. The van der Waals surface area contributed by atoms with Crippen LogP contribution in [0.4, 0.5) is 0 Å². The van der Waals surface area contributed by atoms with Crippen molar-refractivity contribution in [2.24, 2.45) is 0 Å². The number of amides is 1. The number of halogens is 1. The minimum Gasteiger partial charge on any atom is -0.497 e. The normalized spacial score (nSPS) is 11.4. The van der Waals surface area contributed by atoms with Gasteiger partial charge in [0.25, 0.3) is 5.91 Å². The number of H-pyrrole nitrogens is 1. The molecule has 2 N–H and O–H groups in total. The van der Waals surface area contributed by atoms with Gasteiger partial charge in [0, 0.05) is 16.6 Å². The van der Waals surface area contributed by atoms with E-state index in [1.54, 1.807) is 19.3 Å². The van der Waals surface area contributed by atoms with Gasteiger partial charge in [0.2, 0.25) is 5.82 Å². The molecule has 0 unspecified atom stereocenters. The number of aromatic amines is 1. The lowest BCUT2D eigenvalue weighted by atomic mass is 10.1. The van der Waals surface area contributed by atoms with Gasteiger partial charge in [0.1, 0.15) is 17.3 Å². The molecule has 0 saturated carbocycles. The average molecular weight is 480 g/mol. The highest BCUT2D eigenvalue weighted by Crippen LogP contribution is 2.26. The molecule has 1 amide bonds. The van der Waals surface area contributed by atoms with Crippen molar-refractivity contribution in [2.45, 2.75) is 6.54 Å². The van der Waals surface area contributed by atoms with E-state index in [0.29, 0.717) is 18.1 Å². The van der Waals surface area contributed by atoms with Crippen molar-refractivity contribution in [1.82, 2.24) is 25.9 Å². The average Bonchev–Trinajstić information content (AvgIpc) is 3.49. The zero-order chi connectivity index (χ0) is 21.6. The van der Waals surface area contributed by atoms with E-state index in [1.807, 2.05) is 54.6 Å². The van der Waals surface area contributed by atoms with Crippen molar-refractivity contribution in [3.63, 3.8) is 0 Å². The van der Waals surface area contributed by atoms with Crippen LogP contribution in [-0.2, 0) is 11.3 Å². The second kappa shape index (κ2) is 9.40. The maximum atomic E-state index is 12.9. The molecule has 0 bridgehead atoms. The second-order valence-corrected chi connectivity index (χ2v) is 7.45. The van der Waals surface area contributed by atoms with Crippen LogP contribution < -0.4 is 10.1 Å². The summed E-state index contributed by atoms with van der Waals surface area (Å²) in [6, 6.07) is 18.8. The van der Waals surface area contributed by atoms with Crippen LogP contribution in [0, 0.1) is 0 Å². The van der Waals surface area contributed by atoms with Gasteiger partial charge in [-0.2, -0.15) is 5.21 Å². The lowest BCUT2D eigenvalue weighted by Crippen LogP contribution is -2.24. The first-order valence-corrected chi connectivity index (χ1v) is 10.1. The van der Waals surface area contributed by atoms with Crippen LogP contribution in [0.1, 0.15) is 17.1 Å². The Morgan fingerprint density at radius 2 is 1.90 bits per heavy atom. The van der Waals surface area contributed by atoms with E-state index in [2.05, 4.69) is 41.9 Å². The number of hydrogen-bond donors (Lipinski definition) is 2. The Hall–Kier alpha value is -3.72. The Morgan fingerprint density at radius 3 is 2.58 bits per heavy atom. The molecular weight excluding hydrogens is 462 g/mol. The molecule has 0 aliphatic carbocycles. The summed E-state index contributed by atoms with van der Waals surface area (Å²) in [5, 5.41) is 16.7. The molecule has 31 heavy (non-hydrogen) atoms. The Morgan fingerprint density at radius 1 is 1.13 bits per heavy atom. The summed E-state index contributed by atoms with van der Waals surface area (Å²) in [5.74, 6) is 1.76. The van der Waals surface area contributed by atoms with E-state index in [1.165, 1.54) is 0 Å². The fourth-order valence-electron chi connectivity index (χ4n) is 2.87. The zero-order valence-corrected chi connectivity index (χ0v) is 18.1. The fourth-order valence-corrected chi connectivity index (χ4v) is 3.13. The predicted molar refractivity (Wildman–Crippen MR) is 119 cm³/mol. The number of nitrogens with zero attached hydrogens (tertiary/aromatic N) is 3. The number of methoxy groups -OCH3 is 1. The van der Waals surface area contributed by atoms with Crippen LogP contribution in [0.15, 0.2) is 69.6 Å². The number of carbonyl (C=O) groups excluding carboxylic acids is 1. The summed E-state index contributed by atoms with van der Waals surface area (Å²) in [4.78, 5) is 12.9. The van der Waals surface area contributed by atoms with Crippen molar-refractivity contribution in [3.05, 3.63) is 82.3 Å². The van der Waals surface area contributed by atoms with Gasteiger partial charge >= 0.3 is 0 Å². The first-order chi connectivity index (χ1) is 15.1. The zero-order valence-electron chi connectivity index (χ0n) is 16.5. The number of tetrazole rings is 1. The molecule has 156 valence electrons. The maximum Gasteiger partial charge on any atom is 0.255 e. The predicted octanol–water partition coefficient (Wildman–Crippen LogP) is 4.09. The summed E-state index contributed by atoms with van der Waals surface area (Å²) in [6.45, 7) is 0.334. The second-order valence-electron chi connectivity index (χ2n) is 6.53. The van der Waals surface area contributed by atoms with Gasteiger partial charge in [-0.05, 0) is 53.3 Å². The van der Waals surface area contributed by atoms with E-state index >= 15 is 0 Å². The Labute approximate surface area is 186 Å². The minimum absolute atomic E-state index is 0.175. The molecule has 0 atom stereocenters. The van der Waals surface area contributed by atoms with Crippen LogP contribution >= 0.6 is 15.9 Å². The maximum absolute atomic E-state index is 12.9. The highest BCUT2D eigenvalue weighted by molar-refractivity contribution is 9.10. The van der Waals surface area contributed by atoms with E-state index in [9.17, 15) is 4.79 Å². The van der Waals surface area contributed by atoms with Crippen molar-refractivity contribution >= 4 is 33.5 Å². The number of hydrogen-bond acceptors (Lipinski definition) is 6. The molecule has 4 aromatic rings. The van der Waals surface area contributed by atoms with E-state index < -0.39 is 0 Å². The van der Waals surface area contributed by atoms with Crippen molar-refractivity contribution < 1.29 is 13.9 Å². The molecule has 2 heterocycles. The van der Waals surface area contributed by atoms with E-state index in [4.69, 9.17) is 9.15 Å². The highest BCUT2D eigenvalue weighted by atomic mass is 79.9. The molecule has 0 fully saturated rings. The van der Waals surface area contributed by atoms with E-state index in [-0.39, 0.29) is 17.3 Å². The third kappa shape index (κ3) is 5.07. The third-order valence-electron chi connectivity index (χ3n) is 4.49. The molecule has 2 aromatic heterocycles.